The Bertz CT molecular complexity index is 1380. The summed E-state index contributed by atoms with van der Waals surface area (Å²) < 4.78 is 7.84. The number of thiazole rings is 1. The molecule has 0 unspecified atom stereocenters. The number of rotatable bonds is 8. The first-order valence-electron chi connectivity index (χ1n) is 13.0. The van der Waals surface area contributed by atoms with Crippen LogP contribution in [0.25, 0.3) is 11.1 Å². The number of allylic oxidation sites excluding steroid dienone is 2. The first-order valence-corrected chi connectivity index (χ1v) is 13.8. The number of hydrogen-bond donors (Lipinski definition) is 1. The number of nitrogens with zero attached hydrogens (tertiary/aromatic N) is 4. The van der Waals surface area contributed by atoms with Crippen LogP contribution < -0.4 is 15.0 Å². The summed E-state index contributed by atoms with van der Waals surface area (Å²) in [4.78, 5) is 32.4. The fourth-order valence-electron chi connectivity index (χ4n) is 4.84. The molecule has 0 spiro atoms. The van der Waals surface area contributed by atoms with Crippen LogP contribution in [0.3, 0.4) is 0 Å². The molecule has 1 aromatic carbocycles. The monoisotopic (exact) mass is 517 g/mol. The van der Waals surface area contributed by atoms with E-state index in [0.29, 0.717) is 43.3 Å². The average Bonchev–Trinajstić information content (AvgIpc) is 3.41. The molecule has 1 N–H and O–H groups in total. The van der Waals surface area contributed by atoms with E-state index in [9.17, 15) is 9.59 Å². The first kappa shape index (κ1) is 23.9. The summed E-state index contributed by atoms with van der Waals surface area (Å²) in [6, 6.07) is 6.13. The second-order valence-electron chi connectivity index (χ2n) is 10.7. The maximum Gasteiger partial charge on any atom is 0.263 e. The van der Waals surface area contributed by atoms with E-state index in [1.165, 1.54) is 24.2 Å². The molecule has 2 aliphatic heterocycles. The smallest absolute Gasteiger partial charge is 0.263 e. The third-order valence-electron chi connectivity index (χ3n) is 6.96. The molecule has 3 aliphatic rings. The Balaban J connectivity index is 1.18. The molecule has 1 amide bonds. The van der Waals surface area contributed by atoms with Crippen molar-refractivity contribution in [3.05, 3.63) is 53.3 Å². The minimum absolute atomic E-state index is 0.0507. The number of ketones is 1. The molecule has 0 saturated heterocycles. The van der Waals surface area contributed by atoms with Gasteiger partial charge < -0.3 is 15.0 Å². The second-order valence-corrected chi connectivity index (χ2v) is 11.7. The van der Waals surface area contributed by atoms with Gasteiger partial charge in [0.2, 0.25) is 0 Å². The van der Waals surface area contributed by atoms with Gasteiger partial charge >= 0.3 is 0 Å². The van der Waals surface area contributed by atoms with Crippen molar-refractivity contribution in [3.63, 3.8) is 0 Å². The van der Waals surface area contributed by atoms with Crippen molar-refractivity contribution in [1.82, 2.24) is 20.1 Å². The Morgan fingerprint density at radius 1 is 1.30 bits per heavy atom. The van der Waals surface area contributed by atoms with E-state index in [-0.39, 0.29) is 17.2 Å². The highest BCUT2D eigenvalue weighted by atomic mass is 32.1. The zero-order chi connectivity index (χ0) is 25.6. The van der Waals surface area contributed by atoms with E-state index in [1.54, 1.807) is 6.08 Å². The third kappa shape index (κ3) is 5.18. The van der Waals surface area contributed by atoms with E-state index >= 15 is 0 Å². The molecule has 1 aliphatic carbocycles. The summed E-state index contributed by atoms with van der Waals surface area (Å²) in [6.07, 6.45) is 12.1. The van der Waals surface area contributed by atoms with Crippen LogP contribution in [0.15, 0.2) is 42.7 Å². The summed E-state index contributed by atoms with van der Waals surface area (Å²) in [5.41, 5.74) is 3.54. The predicted octanol–water partition coefficient (Wildman–Crippen LogP) is 4.92. The quantitative estimate of drug-likeness (QED) is 0.427. The number of nitrogens with one attached hydrogen (secondary N) is 1. The molecule has 192 valence electrons. The summed E-state index contributed by atoms with van der Waals surface area (Å²) in [6.45, 7) is 5.96. The predicted molar refractivity (Wildman–Crippen MR) is 144 cm³/mol. The fraction of sp³-hybridized carbons (Fsp3) is 0.429. The van der Waals surface area contributed by atoms with Crippen LogP contribution >= 0.6 is 11.3 Å². The van der Waals surface area contributed by atoms with Crippen LogP contribution in [0.4, 0.5) is 10.8 Å². The summed E-state index contributed by atoms with van der Waals surface area (Å²) >= 11 is 1.44. The molecule has 2 aromatic heterocycles. The molecule has 0 radical (unpaired) electrons. The van der Waals surface area contributed by atoms with Crippen molar-refractivity contribution in [2.75, 3.05) is 18.1 Å². The largest absolute Gasteiger partial charge is 0.490 e. The standard InChI is InChI=1S/C28H31N5O3S/c1-28(2)15-22-25(26(35)31-28)37-27(30-22)33-12-13-36-24-10-8-19(14-23(24)33)20-16-29-32(17-20)11-3-4-21(34)9-7-18-5-6-18/h7-10,14,16-18H,3-6,11-13,15H2,1-2H3,(H,31,35). The number of anilines is 2. The highest BCUT2D eigenvalue weighted by Gasteiger charge is 2.34. The Morgan fingerprint density at radius 3 is 3.00 bits per heavy atom. The SMILES string of the molecule is CC1(C)Cc2nc(N3CCOc4ccc(-c5cnn(CCCC(=O)C=CC6CC6)c5)cc43)sc2C(=O)N1. The van der Waals surface area contributed by atoms with Gasteiger partial charge in [-0.1, -0.05) is 23.5 Å². The Kier molecular flexibility index (Phi) is 6.10. The maximum atomic E-state index is 12.6. The number of fused-ring (bicyclic) bond motifs is 2. The van der Waals surface area contributed by atoms with Gasteiger partial charge in [0.05, 0.1) is 24.1 Å². The molecule has 4 heterocycles. The summed E-state index contributed by atoms with van der Waals surface area (Å²) in [7, 11) is 0. The lowest BCUT2D eigenvalue weighted by Gasteiger charge is -2.29. The molecule has 1 saturated carbocycles. The molecule has 0 atom stereocenters. The number of carbonyl (C=O) groups is 2. The lowest BCUT2D eigenvalue weighted by atomic mass is 9.94. The van der Waals surface area contributed by atoms with E-state index in [4.69, 9.17) is 9.72 Å². The van der Waals surface area contributed by atoms with Gasteiger partial charge in [0.1, 0.15) is 17.2 Å². The summed E-state index contributed by atoms with van der Waals surface area (Å²) in [5, 5.41) is 8.40. The van der Waals surface area contributed by atoms with Crippen molar-refractivity contribution in [1.29, 1.82) is 0 Å². The van der Waals surface area contributed by atoms with E-state index in [1.807, 2.05) is 49.1 Å². The van der Waals surface area contributed by atoms with E-state index in [0.717, 1.165) is 39.8 Å². The molecule has 6 rings (SSSR count). The van der Waals surface area contributed by atoms with Crippen LogP contribution in [-0.2, 0) is 17.8 Å². The van der Waals surface area contributed by atoms with Gasteiger partial charge in [0, 0.05) is 36.7 Å². The van der Waals surface area contributed by atoms with Gasteiger partial charge in [-0.3, -0.25) is 14.3 Å². The number of aromatic nitrogens is 3. The average molecular weight is 518 g/mol. The minimum Gasteiger partial charge on any atom is -0.490 e. The summed E-state index contributed by atoms with van der Waals surface area (Å²) in [5.74, 6) is 1.57. The first-order chi connectivity index (χ1) is 17.8. The Morgan fingerprint density at radius 2 is 2.16 bits per heavy atom. The molecule has 37 heavy (non-hydrogen) atoms. The zero-order valence-corrected chi connectivity index (χ0v) is 22.0. The highest BCUT2D eigenvalue weighted by Crippen LogP contribution is 2.42. The Hall–Kier alpha value is -3.46. The molecule has 8 nitrogen and oxygen atoms in total. The number of amides is 1. The van der Waals surface area contributed by atoms with Crippen LogP contribution in [0.5, 0.6) is 5.75 Å². The zero-order valence-electron chi connectivity index (χ0n) is 21.2. The number of ether oxygens (including phenoxy) is 1. The maximum absolute atomic E-state index is 12.6. The van der Waals surface area contributed by atoms with Crippen molar-refractivity contribution >= 4 is 33.8 Å². The Labute approximate surface area is 220 Å². The lowest BCUT2D eigenvalue weighted by molar-refractivity contribution is -0.114. The van der Waals surface area contributed by atoms with Crippen LogP contribution in [0, 0.1) is 5.92 Å². The normalized spacial score (nSPS) is 18.3. The van der Waals surface area contributed by atoms with Crippen molar-refractivity contribution in [2.45, 2.75) is 58.0 Å². The highest BCUT2D eigenvalue weighted by molar-refractivity contribution is 7.17. The van der Waals surface area contributed by atoms with E-state index in [2.05, 4.69) is 21.4 Å². The van der Waals surface area contributed by atoms with Gasteiger partial charge in [-0.15, -0.1) is 0 Å². The van der Waals surface area contributed by atoms with Gasteiger partial charge in [0.15, 0.2) is 10.9 Å². The second kappa shape index (κ2) is 9.45. The number of benzene rings is 1. The van der Waals surface area contributed by atoms with E-state index < -0.39 is 0 Å². The lowest BCUT2D eigenvalue weighted by Crippen LogP contribution is -2.48. The molecule has 1 fully saturated rings. The third-order valence-corrected chi connectivity index (χ3v) is 8.08. The van der Waals surface area contributed by atoms with Gasteiger partial charge in [-0.25, -0.2) is 4.98 Å². The number of carbonyl (C=O) groups excluding carboxylic acids is 2. The minimum atomic E-state index is -0.299. The molecule has 3 aromatic rings. The van der Waals surface area contributed by atoms with Crippen molar-refractivity contribution < 1.29 is 14.3 Å². The van der Waals surface area contributed by atoms with Crippen molar-refractivity contribution in [2.24, 2.45) is 5.92 Å². The molecule has 0 bridgehead atoms. The van der Waals surface area contributed by atoms with Crippen LogP contribution in [-0.4, -0.2) is 45.1 Å². The van der Waals surface area contributed by atoms with Gasteiger partial charge in [-0.05, 0) is 62.8 Å². The molecular weight excluding hydrogens is 486 g/mol. The van der Waals surface area contributed by atoms with Crippen LogP contribution in [0.1, 0.15) is 54.9 Å². The molecular formula is C28H31N5O3S. The number of hydrogen-bond acceptors (Lipinski definition) is 7. The number of aryl methyl sites for hydroxylation is 1. The topological polar surface area (TPSA) is 89.3 Å². The van der Waals surface area contributed by atoms with Gasteiger partial charge in [-0.2, -0.15) is 5.10 Å². The van der Waals surface area contributed by atoms with Crippen LogP contribution in [0.2, 0.25) is 0 Å². The van der Waals surface area contributed by atoms with Crippen molar-refractivity contribution in [3.8, 4) is 16.9 Å². The van der Waals surface area contributed by atoms with Gasteiger partial charge in [0.25, 0.3) is 5.91 Å². The fourth-order valence-corrected chi connectivity index (χ4v) is 5.86. The molecule has 9 heteroatoms.